The quantitative estimate of drug-likeness (QED) is 0.827. The lowest BCUT2D eigenvalue weighted by molar-refractivity contribution is -0.0896. The second kappa shape index (κ2) is 7.60. The summed E-state index contributed by atoms with van der Waals surface area (Å²) in [6.45, 7) is 3.92. The average Bonchev–Trinajstić information content (AvgIpc) is 2.94. The summed E-state index contributed by atoms with van der Waals surface area (Å²) < 4.78 is 7.03. The van der Waals surface area contributed by atoms with E-state index in [0.717, 1.165) is 62.8 Å². The van der Waals surface area contributed by atoms with Crippen molar-refractivity contribution < 1.29 is 9.53 Å². The van der Waals surface area contributed by atoms with Crippen LogP contribution in [0.4, 0.5) is 4.79 Å². The molecule has 24 heavy (non-hydrogen) atoms. The zero-order chi connectivity index (χ0) is 17.2. The number of rotatable bonds is 4. The maximum absolute atomic E-state index is 12.3. The zero-order valence-electron chi connectivity index (χ0n) is 14.4. The third-order valence-corrected chi connectivity index (χ3v) is 6.35. The molecule has 1 fully saturated rings. The molecular weight excluding hydrogens is 346 g/mol. The molecule has 134 valence electrons. The number of ether oxygens (including phenoxy) is 1. The maximum Gasteiger partial charge on any atom is 0.317 e. The van der Waals surface area contributed by atoms with Crippen LogP contribution in [0.2, 0.25) is 4.34 Å². The minimum atomic E-state index is -0.229. The van der Waals surface area contributed by atoms with Crippen molar-refractivity contribution >= 4 is 29.0 Å². The first-order valence-corrected chi connectivity index (χ1v) is 9.80. The van der Waals surface area contributed by atoms with E-state index in [1.54, 1.807) is 11.3 Å². The molecule has 0 bridgehead atoms. The van der Waals surface area contributed by atoms with Crippen LogP contribution >= 0.6 is 22.9 Å². The Hall–Kier alpha value is -0.820. The molecule has 1 aromatic rings. The lowest BCUT2D eigenvalue weighted by atomic mass is 9.85. The Morgan fingerprint density at radius 2 is 2.21 bits per heavy atom. The van der Waals surface area contributed by atoms with Gasteiger partial charge in [-0.2, -0.15) is 0 Å². The summed E-state index contributed by atoms with van der Waals surface area (Å²) in [6.07, 6.45) is 3.61. The van der Waals surface area contributed by atoms with Gasteiger partial charge in [0, 0.05) is 24.5 Å². The normalized spacial score (nSPS) is 19.6. The number of fused-ring (bicyclic) bond motifs is 2. The van der Waals surface area contributed by atoms with Gasteiger partial charge in [-0.25, -0.2) is 4.79 Å². The number of carbonyl (C=O) groups excluding carboxylic acids is 1. The van der Waals surface area contributed by atoms with Crippen molar-refractivity contribution in [3.8, 4) is 0 Å². The van der Waals surface area contributed by atoms with Gasteiger partial charge in [-0.3, -0.25) is 0 Å². The summed E-state index contributed by atoms with van der Waals surface area (Å²) in [5.74, 6) is 0. The molecule has 1 aromatic heterocycles. The lowest BCUT2D eigenvalue weighted by Gasteiger charge is -2.43. The highest BCUT2D eigenvalue weighted by Gasteiger charge is 2.43. The minimum absolute atomic E-state index is 0.0452. The minimum Gasteiger partial charge on any atom is -0.369 e. The number of urea groups is 1. The molecule has 5 nitrogen and oxygen atoms in total. The van der Waals surface area contributed by atoms with Crippen LogP contribution in [0.5, 0.6) is 0 Å². The molecule has 0 saturated carbocycles. The van der Waals surface area contributed by atoms with Gasteiger partial charge < -0.3 is 19.9 Å². The van der Waals surface area contributed by atoms with Crippen molar-refractivity contribution in [3.63, 3.8) is 0 Å². The molecule has 0 aromatic carbocycles. The summed E-state index contributed by atoms with van der Waals surface area (Å²) in [5.41, 5.74) is 1.10. The van der Waals surface area contributed by atoms with Gasteiger partial charge >= 0.3 is 6.03 Å². The monoisotopic (exact) mass is 371 g/mol. The molecule has 0 radical (unpaired) electrons. The van der Waals surface area contributed by atoms with Gasteiger partial charge in [0.05, 0.1) is 10.9 Å². The Morgan fingerprint density at radius 1 is 1.46 bits per heavy atom. The van der Waals surface area contributed by atoms with Gasteiger partial charge in [-0.05, 0) is 58.0 Å². The number of nitrogens with one attached hydrogen (secondary N) is 1. The second-order valence-electron chi connectivity index (χ2n) is 6.87. The molecule has 1 N–H and O–H groups in total. The standard InChI is InChI=1S/C17H26ClN3O2S/c1-20(2)8-3-7-19-16(22)21-9-5-17(6-10-21)15-13(4-11-23-17)12-14(18)24-15/h12H,3-11H2,1-2H3,(H,19,22). The highest BCUT2D eigenvalue weighted by atomic mass is 35.5. The number of amides is 2. The van der Waals surface area contributed by atoms with Gasteiger partial charge in [0.2, 0.25) is 0 Å². The number of likely N-dealkylation sites (tertiary alicyclic amines) is 1. The van der Waals surface area contributed by atoms with Crippen LogP contribution in [0.1, 0.15) is 29.7 Å². The Labute approximate surface area is 152 Å². The topological polar surface area (TPSA) is 44.8 Å². The van der Waals surface area contributed by atoms with E-state index in [1.165, 1.54) is 10.4 Å². The molecule has 1 spiro atoms. The van der Waals surface area contributed by atoms with Crippen molar-refractivity contribution in [2.24, 2.45) is 0 Å². The van der Waals surface area contributed by atoms with E-state index in [9.17, 15) is 4.79 Å². The highest BCUT2D eigenvalue weighted by Crippen LogP contribution is 2.46. The van der Waals surface area contributed by atoms with Crippen LogP contribution in [0.3, 0.4) is 0 Å². The third-order valence-electron chi connectivity index (χ3n) is 4.86. The van der Waals surface area contributed by atoms with E-state index >= 15 is 0 Å². The molecule has 0 aliphatic carbocycles. The Balaban J connectivity index is 1.53. The molecule has 7 heteroatoms. The first-order chi connectivity index (χ1) is 11.5. The van der Waals surface area contributed by atoms with Crippen LogP contribution < -0.4 is 5.32 Å². The SMILES string of the molecule is CN(C)CCCNC(=O)N1CCC2(CC1)OCCc1cc(Cl)sc12. The largest absolute Gasteiger partial charge is 0.369 e. The fraction of sp³-hybridized carbons (Fsp3) is 0.706. The van der Waals surface area contributed by atoms with Gasteiger partial charge in [0.1, 0.15) is 5.60 Å². The van der Waals surface area contributed by atoms with Crippen LogP contribution in [-0.2, 0) is 16.8 Å². The molecule has 3 heterocycles. The average molecular weight is 372 g/mol. The molecule has 2 amide bonds. The first kappa shape index (κ1) is 18.0. The van der Waals surface area contributed by atoms with Crippen molar-refractivity contribution in [1.82, 2.24) is 15.1 Å². The molecule has 3 rings (SSSR count). The molecular formula is C17H26ClN3O2S. The Kier molecular flexibility index (Phi) is 5.70. The van der Waals surface area contributed by atoms with Gasteiger partial charge in [0.25, 0.3) is 0 Å². The number of halogens is 1. The van der Waals surface area contributed by atoms with Crippen molar-refractivity contribution in [3.05, 3.63) is 20.8 Å². The Morgan fingerprint density at radius 3 is 2.92 bits per heavy atom. The number of hydrogen-bond donors (Lipinski definition) is 1. The van der Waals surface area contributed by atoms with Crippen molar-refractivity contribution in [2.75, 3.05) is 46.9 Å². The van der Waals surface area contributed by atoms with Crippen LogP contribution in [0.25, 0.3) is 0 Å². The highest BCUT2D eigenvalue weighted by molar-refractivity contribution is 7.16. The summed E-state index contributed by atoms with van der Waals surface area (Å²) in [5, 5.41) is 3.02. The molecule has 0 unspecified atom stereocenters. The molecule has 1 saturated heterocycles. The van der Waals surface area contributed by atoms with Crippen LogP contribution in [-0.4, -0.2) is 62.7 Å². The lowest BCUT2D eigenvalue weighted by Crippen LogP contribution is -2.50. The number of carbonyl (C=O) groups is 1. The maximum atomic E-state index is 12.3. The molecule has 2 aliphatic rings. The van der Waals surface area contributed by atoms with E-state index in [4.69, 9.17) is 16.3 Å². The van der Waals surface area contributed by atoms with Gasteiger partial charge in [-0.1, -0.05) is 11.6 Å². The summed E-state index contributed by atoms with van der Waals surface area (Å²) >= 11 is 7.85. The zero-order valence-corrected chi connectivity index (χ0v) is 16.0. The van der Waals surface area contributed by atoms with Crippen molar-refractivity contribution in [2.45, 2.75) is 31.3 Å². The second-order valence-corrected chi connectivity index (χ2v) is 8.56. The van der Waals surface area contributed by atoms with E-state index in [2.05, 4.69) is 16.3 Å². The predicted molar refractivity (Wildman–Crippen MR) is 98.0 cm³/mol. The van der Waals surface area contributed by atoms with Gasteiger partial charge in [-0.15, -0.1) is 11.3 Å². The number of piperidine rings is 1. The molecule has 2 aliphatic heterocycles. The van der Waals surface area contributed by atoms with E-state index in [0.29, 0.717) is 0 Å². The molecule has 0 atom stereocenters. The van der Waals surface area contributed by atoms with E-state index in [1.807, 2.05) is 19.0 Å². The fourth-order valence-electron chi connectivity index (χ4n) is 3.53. The Bertz CT molecular complexity index is 582. The smallest absolute Gasteiger partial charge is 0.317 e. The third kappa shape index (κ3) is 3.87. The first-order valence-electron chi connectivity index (χ1n) is 8.60. The summed E-state index contributed by atoms with van der Waals surface area (Å²) in [4.78, 5) is 17.6. The summed E-state index contributed by atoms with van der Waals surface area (Å²) in [6, 6.07) is 2.12. The van der Waals surface area contributed by atoms with Gasteiger partial charge in [0.15, 0.2) is 0 Å². The number of hydrogen-bond acceptors (Lipinski definition) is 4. The van der Waals surface area contributed by atoms with E-state index < -0.39 is 0 Å². The fourth-order valence-corrected chi connectivity index (χ4v) is 5.03. The van der Waals surface area contributed by atoms with E-state index in [-0.39, 0.29) is 11.6 Å². The number of thiophene rings is 1. The number of nitrogens with zero attached hydrogens (tertiary/aromatic N) is 2. The predicted octanol–water partition coefficient (Wildman–Crippen LogP) is 2.93. The summed E-state index contributed by atoms with van der Waals surface area (Å²) in [7, 11) is 4.09. The van der Waals surface area contributed by atoms with Crippen molar-refractivity contribution in [1.29, 1.82) is 0 Å². The van der Waals surface area contributed by atoms with Crippen LogP contribution in [0.15, 0.2) is 6.07 Å². The van der Waals surface area contributed by atoms with Crippen LogP contribution in [0, 0.1) is 0 Å².